The molecule has 1 unspecified atom stereocenters. The maximum absolute atomic E-state index is 12.2. The minimum Gasteiger partial charge on any atom is -0.307 e. The van der Waals surface area contributed by atoms with Crippen LogP contribution in [0.4, 0.5) is 0 Å². The number of carbonyl (C=O) groups is 1. The van der Waals surface area contributed by atoms with Crippen molar-refractivity contribution in [3.63, 3.8) is 0 Å². The highest BCUT2D eigenvalue weighted by atomic mass is 16.1. The molecule has 1 aliphatic heterocycles. The van der Waals surface area contributed by atoms with Crippen LogP contribution in [0.25, 0.3) is 10.9 Å². The van der Waals surface area contributed by atoms with Crippen LogP contribution in [0.2, 0.25) is 0 Å². The smallest absolute Gasteiger partial charge is 0.181 e. The number of nitrogens with one attached hydrogen (secondary N) is 1. The minimum atomic E-state index is -0.0158. The first-order chi connectivity index (χ1) is 8.34. The molecule has 2 heterocycles. The molecule has 3 heteroatoms. The van der Waals surface area contributed by atoms with Gasteiger partial charge in [0.15, 0.2) is 5.78 Å². The van der Waals surface area contributed by atoms with E-state index in [-0.39, 0.29) is 11.8 Å². The second-order valence-corrected chi connectivity index (χ2v) is 4.43. The summed E-state index contributed by atoms with van der Waals surface area (Å²) in [4.78, 5) is 16.5. The van der Waals surface area contributed by atoms with Crippen LogP contribution in [0.1, 0.15) is 23.2 Å². The Kier molecular flexibility index (Phi) is 2.61. The number of Topliss-reactive ketones (excluding diaryl/α,β-unsaturated/α-hetero) is 1. The van der Waals surface area contributed by atoms with Gasteiger partial charge in [-0.05, 0) is 31.5 Å². The van der Waals surface area contributed by atoms with E-state index < -0.39 is 0 Å². The van der Waals surface area contributed by atoms with E-state index in [0.29, 0.717) is 5.56 Å². The molecule has 1 fully saturated rings. The van der Waals surface area contributed by atoms with E-state index >= 15 is 0 Å². The van der Waals surface area contributed by atoms with Gasteiger partial charge in [-0.15, -0.1) is 0 Å². The van der Waals surface area contributed by atoms with E-state index in [4.69, 9.17) is 0 Å². The summed E-state index contributed by atoms with van der Waals surface area (Å²) >= 11 is 0. The maximum atomic E-state index is 12.2. The van der Waals surface area contributed by atoms with Gasteiger partial charge >= 0.3 is 0 Å². The summed E-state index contributed by atoms with van der Waals surface area (Å²) in [6, 6.07) is 9.78. The predicted octanol–water partition coefficient (Wildman–Crippen LogP) is 2.17. The van der Waals surface area contributed by atoms with E-state index in [2.05, 4.69) is 10.3 Å². The molecule has 0 bridgehead atoms. The molecule has 1 aliphatic rings. The average Bonchev–Trinajstić information content (AvgIpc) is 2.91. The van der Waals surface area contributed by atoms with Crippen molar-refractivity contribution in [1.82, 2.24) is 10.3 Å². The standard InChI is InChI=1S/C14H14N2O/c17-14(13-6-3-7-15-13)11-8-10-4-1-2-5-12(10)16-9-11/h1-2,4-5,8-9,13,15H,3,6-7H2. The Morgan fingerprint density at radius 1 is 1.35 bits per heavy atom. The summed E-state index contributed by atoms with van der Waals surface area (Å²) in [5, 5.41) is 4.25. The highest BCUT2D eigenvalue weighted by Crippen LogP contribution is 2.16. The van der Waals surface area contributed by atoms with Crippen LogP contribution in [-0.4, -0.2) is 23.4 Å². The molecule has 86 valence electrons. The lowest BCUT2D eigenvalue weighted by atomic mass is 10.0. The fourth-order valence-electron chi connectivity index (χ4n) is 2.32. The molecule has 3 rings (SSSR count). The van der Waals surface area contributed by atoms with Crippen molar-refractivity contribution >= 4 is 16.7 Å². The zero-order valence-corrected chi connectivity index (χ0v) is 9.52. The number of nitrogens with zero attached hydrogens (tertiary/aromatic N) is 1. The number of carbonyl (C=O) groups excluding carboxylic acids is 1. The summed E-state index contributed by atoms with van der Waals surface area (Å²) in [5.41, 5.74) is 1.64. The minimum absolute atomic E-state index is 0.0158. The molecule has 2 aromatic rings. The Labute approximate surface area is 99.9 Å². The van der Waals surface area contributed by atoms with E-state index in [0.717, 1.165) is 30.3 Å². The number of para-hydroxylation sites is 1. The molecule has 1 aromatic carbocycles. The summed E-state index contributed by atoms with van der Waals surface area (Å²) in [5.74, 6) is 0.167. The molecule has 1 aromatic heterocycles. The Morgan fingerprint density at radius 2 is 2.24 bits per heavy atom. The quantitative estimate of drug-likeness (QED) is 0.798. The number of benzene rings is 1. The number of aromatic nitrogens is 1. The Hall–Kier alpha value is -1.74. The van der Waals surface area contributed by atoms with Crippen molar-refractivity contribution in [3.8, 4) is 0 Å². The van der Waals surface area contributed by atoms with E-state index in [1.807, 2.05) is 30.3 Å². The van der Waals surface area contributed by atoms with Gasteiger partial charge in [0.2, 0.25) is 0 Å². The summed E-state index contributed by atoms with van der Waals surface area (Å²) < 4.78 is 0. The van der Waals surface area contributed by atoms with Crippen LogP contribution in [0, 0.1) is 0 Å². The van der Waals surface area contributed by atoms with Crippen LogP contribution in [0.15, 0.2) is 36.5 Å². The SMILES string of the molecule is O=C(c1cnc2ccccc2c1)C1CCCN1. The molecule has 3 nitrogen and oxygen atoms in total. The van der Waals surface area contributed by atoms with E-state index in [1.54, 1.807) is 6.20 Å². The van der Waals surface area contributed by atoms with Gasteiger partial charge < -0.3 is 5.32 Å². The van der Waals surface area contributed by atoms with Gasteiger partial charge in [0, 0.05) is 17.1 Å². The first-order valence-electron chi connectivity index (χ1n) is 5.97. The Morgan fingerprint density at radius 3 is 3.06 bits per heavy atom. The molecule has 1 saturated heterocycles. The van der Waals surface area contributed by atoms with E-state index in [1.165, 1.54) is 0 Å². The molecule has 1 atom stereocenters. The first kappa shape index (κ1) is 10.4. The van der Waals surface area contributed by atoms with Crippen molar-refractivity contribution in [2.45, 2.75) is 18.9 Å². The van der Waals surface area contributed by atoms with Crippen molar-refractivity contribution in [2.75, 3.05) is 6.54 Å². The van der Waals surface area contributed by atoms with Crippen LogP contribution in [-0.2, 0) is 0 Å². The Bertz CT molecular complexity index is 559. The molecule has 1 N–H and O–H groups in total. The lowest BCUT2D eigenvalue weighted by Crippen LogP contribution is -2.30. The largest absolute Gasteiger partial charge is 0.307 e. The summed E-state index contributed by atoms with van der Waals surface area (Å²) in [6.45, 7) is 0.942. The zero-order chi connectivity index (χ0) is 11.7. The average molecular weight is 226 g/mol. The highest BCUT2D eigenvalue weighted by Gasteiger charge is 2.23. The number of hydrogen-bond acceptors (Lipinski definition) is 3. The van der Waals surface area contributed by atoms with Gasteiger partial charge in [-0.3, -0.25) is 9.78 Å². The predicted molar refractivity (Wildman–Crippen MR) is 67.1 cm³/mol. The zero-order valence-electron chi connectivity index (χ0n) is 9.52. The van der Waals surface area contributed by atoms with Crippen LogP contribution < -0.4 is 5.32 Å². The number of ketones is 1. The molecular formula is C14H14N2O. The monoisotopic (exact) mass is 226 g/mol. The van der Waals surface area contributed by atoms with Crippen molar-refractivity contribution in [1.29, 1.82) is 0 Å². The van der Waals surface area contributed by atoms with Crippen LogP contribution >= 0.6 is 0 Å². The number of pyridine rings is 1. The van der Waals surface area contributed by atoms with Crippen LogP contribution in [0.3, 0.4) is 0 Å². The number of fused-ring (bicyclic) bond motifs is 1. The summed E-state index contributed by atoms with van der Waals surface area (Å²) in [6.07, 6.45) is 3.70. The van der Waals surface area contributed by atoms with Crippen molar-refractivity contribution in [3.05, 3.63) is 42.1 Å². The molecule has 0 amide bonds. The van der Waals surface area contributed by atoms with E-state index in [9.17, 15) is 4.79 Å². The normalized spacial score (nSPS) is 19.6. The van der Waals surface area contributed by atoms with Crippen molar-refractivity contribution in [2.24, 2.45) is 0 Å². The molecule has 17 heavy (non-hydrogen) atoms. The highest BCUT2D eigenvalue weighted by molar-refractivity contribution is 6.02. The third-order valence-corrected chi connectivity index (χ3v) is 3.25. The van der Waals surface area contributed by atoms with Gasteiger partial charge in [-0.1, -0.05) is 18.2 Å². The number of hydrogen-bond donors (Lipinski definition) is 1. The lowest BCUT2D eigenvalue weighted by molar-refractivity contribution is 0.0952. The molecule has 0 saturated carbocycles. The lowest BCUT2D eigenvalue weighted by Gasteiger charge is -2.09. The van der Waals surface area contributed by atoms with Crippen molar-refractivity contribution < 1.29 is 4.79 Å². The van der Waals surface area contributed by atoms with Gasteiger partial charge in [0.25, 0.3) is 0 Å². The van der Waals surface area contributed by atoms with Gasteiger partial charge in [0.1, 0.15) is 0 Å². The number of rotatable bonds is 2. The fourth-order valence-corrected chi connectivity index (χ4v) is 2.32. The fraction of sp³-hybridized carbons (Fsp3) is 0.286. The summed E-state index contributed by atoms with van der Waals surface area (Å²) in [7, 11) is 0. The Balaban J connectivity index is 1.97. The molecule has 0 aliphatic carbocycles. The third kappa shape index (κ3) is 1.94. The second kappa shape index (κ2) is 4.26. The maximum Gasteiger partial charge on any atom is 0.181 e. The first-order valence-corrected chi connectivity index (χ1v) is 5.97. The molecule has 0 radical (unpaired) electrons. The van der Waals surface area contributed by atoms with Crippen LogP contribution in [0.5, 0.6) is 0 Å². The third-order valence-electron chi connectivity index (χ3n) is 3.25. The molecule has 0 spiro atoms. The van der Waals surface area contributed by atoms with Gasteiger partial charge in [0.05, 0.1) is 11.6 Å². The topological polar surface area (TPSA) is 42.0 Å². The second-order valence-electron chi connectivity index (χ2n) is 4.43. The van der Waals surface area contributed by atoms with Gasteiger partial charge in [-0.25, -0.2) is 0 Å². The molecular weight excluding hydrogens is 212 g/mol. The van der Waals surface area contributed by atoms with Gasteiger partial charge in [-0.2, -0.15) is 0 Å².